The quantitative estimate of drug-likeness (QED) is 0.0158. The molecule has 1 aliphatic rings. The van der Waals surface area contributed by atoms with Crippen LogP contribution in [0.4, 0.5) is 37.7 Å². The van der Waals surface area contributed by atoms with Crippen LogP contribution in [0.1, 0.15) is 70.3 Å². The molecular weight excluding hydrogens is 951 g/mol. The number of carboxylic acids is 1. The number of hydrogen-bond acceptors (Lipinski definition) is 11. The first-order valence-electron chi connectivity index (χ1n) is 22.3. The van der Waals surface area contributed by atoms with Crippen molar-refractivity contribution in [3.8, 4) is 22.6 Å². The average molecular weight is 999 g/mol. The van der Waals surface area contributed by atoms with Crippen LogP contribution in [-0.4, -0.2) is 54.6 Å². The summed E-state index contributed by atoms with van der Waals surface area (Å²) in [5, 5.41) is 9.44. The van der Waals surface area contributed by atoms with Crippen molar-refractivity contribution in [3.63, 3.8) is 0 Å². The summed E-state index contributed by atoms with van der Waals surface area (Å²) in [7, 11) is 0. The maximum absolute atomic E-state index is 13.1. The van der Waals surface area contributed by atoms with Gasteiger partial charge >= 0.3 is 36.2 Å². The van der Waals surface area contributed by atoms with E-state index >= 15 is 0 Å². The van der Waals surface area contributed by atoms with Gasteiger partial charge in [-0.3, -0.25) is 0 Å². The number of ether oxygens (including phenoxy) is 5. The highest BCUT2D eigenvalue weighted by Crippen LogP contribution is 2.37. The van der Waals surface area contributed by atoms with E-state index in [0.717, 1.165) is 0 Å². The van der Waals surface area contributed by atoms with Crippen molar-refractivity contribution in [2.45, 2.75) is 63.3 Å². The molecule has 1 atom stereocenters. The van der Waals surface area contributed by atoms with Crippen LogP contribution in [0.15, 0.2) is 145 Å². The molecule has 0 aromatic heterocycles. The van der Waals surface area contributed by atoms with Crippen molar-refractivity contribution in [2.24, 2.45) is 0 Å². The molecule has 0 bridgehead atoms. The molecule has 5 aromatic rings. The Bertz CT molecular complexity index is 2860. The third-order valence-electron chi connectivity index (χ3n) is 10.9. The van der Waals surface area contributed by atoms with Crippen molar-refractivity contribution in [1.29, 1.82) is 0 Å². The first kappa shape index (κ1) is 53.2. The van der Waals surface area contributed by atoms with Crippen LogP contribution in [0, 0.1) is 0 Å². The number of hydrogen-bond donors (Lipinski definition) is 3. The Balaban J connectivity index is 1.04. The minimum Gasteiger partial charge on any atom is -0.494 e. The number of halogens is 6. The minimum absolute atomic E-state index is 0.0159. The fourth-order valence-corrected chi connectivity index (χ4v) is 7.29. The predicted octanol–water partition coefficient (Wildman–Crippen LogP) is 11.5. The maximum atomic E-state index is 13.1. The molecular formula is C54H48F6N2O10. The SMILES string of the molecule is Nc1ccc(-c2ccc(N)cc2COC(=O)/C=C/c2cccc(C3(OCCCC(F)(F)F)C=CC(C(=O)O)=CC3)c2)c(COC(=O)/C=C/c2ccc(OC(=O)c3ccc(OCCCC(F)(F)F)cc3)cc2)c1. The minimum atomic E-state index is -4.36. The molecule has 0 spiro atoms. The van der Waals surface area contributed by atoms with Crippen molar-refractivity contribution in [1.82, 2.24) is 0 Å². The summed E-state index contributed by atoms with van der Waals surface area (Å²) < 4.78 is 104. The highest BCUT2D eigenvalue weighted by Gasteiger charge is 2.34. The van der Waals surface area contributed by atoms with Gasteiger partial charge in [-0.1, -0.05) is 48.5 Å². The van der Waals surface area contributed by atoms with Gasteiger partial charge < -0.3 is 40.3 Å². The zero-order valence-corrected chi connectivity index (χ0v) is 38.3. The molecule has 0 heterocycles. The van der Waals surface area contributed by atoms with Gasteiger partial charge in [-0.25, -0.2) is 19.2 Å². The predicted molar refractivity (Wildman–Crippen MR) is 256 cm³/mol. The van der Waals surface area contributed by atoms with Gasteiger partial charge in [0.1, 0.15) is 30.3 Å². The largest absolute Gasteiger partial charge is 0.494 e. The smallest absolute Gasteiger partial charge is 0.389 e. The molecule has 0 saturated carbocycles. The molecule has 18 heteroatoms. The van der Waals surface area contributed by atoms with Gasteiger partial charge in [0, 0.05) is 49.4 Å². The fourth-order valence-electron chi connectivity index (χ4n) is 7.29. The van der Waals surface area contributed by atoms with E-state index in [1.807, 2.05) is 0 Å². The molecule has 12 nitrogen and oxygen atoms in total. The van der Waals surface area contributed by atoms with Crippen LogP contribution in [-0.2, 0) is 47.4 Å². The van der Waals surface area contributed by atoms with Crippen LogP contribution in [0.3, 0.4) is 0 Å². The van der Waals surface area contributed by atoms with Gasteiger partial charge in [0.05, 0.1) is 17.7 Å². The van der Waals surface area contributed by atoms with Crippen LogP contribution in [0.5, 0.6) is 11.5 Å². The van der Waals surface area contributed by atoms with E-state index in [1.165, 1.54) is 78.9 Å². The Labute approximate surface area is 409 Å². The second-order valence-electron chi connectivity index (χ2n) is 16.3. The zero-order chi connectivity index (χ0) is 51.9. The maximum Gasteiger partial charge on any atom is 0.389 e. The average Bonchev–Trinajstić information content (AvgIpc) is 3.34. The summed E-state index contributed by atoms with van der Waals surface area (Å²) in [6.45, 7) is -0.783. The standard InChI is InChI=1S/C54H48F6N2O10/c55-53(56,57)24-2-28-68-44-16-10-38(11-17-44)51(67)72-45-14-6-35(7-15-45)8-20-48(63)69-33-39-31-42(61)12-18-46(39)47-19-13-43(62)32-40(47)34-70-49(64)21-9-36-4-1-5-41(30-36)52(71-29-3-25-54(58,59)60)26-22-37(23-27-52)50(65)66/h1,4-23,26,30-32H,2-3,24-25,27-29,33-34,61-62H2,(H,65,66)/b20-8+,21-9+. The first-order valence-corrected chi connectivity index (χ1v) is 22.3. The number of nitrogens with two attached hydrogens (primary N) is 2. The number of carbonyl (C=O) groups is 4. The van der Waals surface area contributed by atoms with Crippen LogP contribution < -0.4 is 20.9 Å². The highest BCUT2D eigenvalue weighted by molar-refractivity contribution is 5.92. The van der Waals surface area contributed by atoms with Crippen LogP contribution in [0.25, 0.3) is 23.3 Å². The number of benzene rings is 5. The number of anilines is 2. The summed E-state index contributed by atoms with van der Waals surface area (Å²) in [6.07, 6.45) is -1.38. The third kappa shape index (κ3) is 16.2. The molecule has 1 unspecified atom stereocenters. The normalized spacial score (nSPS) is 14.8. The zero-order valence-electron chi connectivity index (χ0n) is 38.3. The molecule has 0 aliphatic heterocycles. The van der Waals surface area contributed by atoms with Gasteiger partial charge in [0.25, 0.3) is 0 Å². The second-order valence-corrected chi connectivity index (χ2v) is 16.3. The summed E-state index contributed by atoms with van der Waals surface area (Å²) >= 11 is 0. The molecule has 5 aromatic carbocycles. The molecule has 0 saturated heterocycles. The molecule has 0 amide bonds. The highest BCUT2D eigenvalue weighted by atomic mass is 19.4. The fraction of sp³-hybridized carbons (Fsp3) is 0.222. The Morgan fingerprint density at radius 3 is 1.75 bits per heavy atom. The van der Waals surface area contributed by atoms with Crippen molar-refractivity contribution < 1.29 is 74.3 Å². The van der Waals surface area contributed by atoms with E-state index in [9.17, 15) is 50.6 Å². The number of carbonyl (C=O) groups excluding carboxylic acids is 3. The van der Waals surface area contributed by atoms with Crippen LogP contribution in [0.2, 0.25) is 0 Å². The lowest BCUT2D eigenvalue weighted by Crippen LogP contribution is -2.30. The number of carboxylic acid groups (broad SMARTS) is 1. The lowest BCUT2D eigenvalue weighted by atomic mass is 9.84. The monoisotopic (exact) mass is 998 g/mol. The van der Waals surface area contributed by atoms with E-state index in [4.69, 9.17) is 35.2 Å². The Kier molecular flexibility index (Phi) is 17.8. The molecule has 5 N–H and O–H groups in total. The summed E-state index contributed by atoms with van der Waals surface area (Å²) in [6, 6.07) is 28.8. The number of alkyl halides is 6. The Hall–Kier alpha value is -8.12. The molecule has 6 rings (SSSR count). The molecule has 0 fully saturated rings. The van der Waals surface area contributed by atoms with Gasteiger partial charge in [-0.05, 0) is 143 Å². The van der Waals surface area contributed by atoms with E-state index in [2.05, 4.69) is 0 Å². The van der Waals surface area contributed by atoms with Crippen molar-refractivity contribution in [3.05, 3.63) is 179 Å². The molecule has 0 radical (unpaired) electrons. The topological polar surface area (TPSA) is 187 Å². The lowest BCUT2D eigenvalue weighted by Gasteiger charge is -2.33. The van der Waals surface area contributed by atoms with Gasteiger partial charge in [0.2, 0.25) is 0 Å². The number of rotatable bonds is 21. The molecule has 376 valence electrons. The molecule has 72 heavy (non-hydrogen) atoms. The number of aliphatic carboxylic acids is 1. The second kappa shape index (κ2) is 24.1. The van der Waals surface area contributed by atoms with Gasteiger partial charge in [-0.2, -0.15) is 26.3 Å². The van der Waals surface area contributed by atoms with E-state index in [0.29, 0.717) is 56.1 Å². The van der Waals surface area contributed by atoms with E-state index in [-0.39, 0.29) is 62.6 Å². The Morgan fingerprint density at radius 2 is 1.21 bits per heavy atom. The van der Waals surface area contributed by atoms with Crippen molar-refractivity contribution >= 4 is 47.4 Å². The first-order chi connectivity index (χ1) is 34.2. The molecule has 1 aliphatic carbocycles. The van der Waals surface area contributed by atoms with Crippen molar-refractivity contribution in [2.75, 3.05) is 24.7 Å². The summed E-state index contributed by atoms with van der Waals surface area (Å²) in [4.78, 5) is 50.2. The van der Waals surface area contributed by atoms with Crippen LogP contribution >= 0.6 is 0 Å². The summed E-state index contributed by atoms with van der Waals surface area (Å²) in [5.74, 6) is -2.71. The van der Waals surface area contributed by atoms with E-state index in [1.54, 1.807) is 72.8 Å². The lowest BCUT2D eigenvalue weighted by molar-refractivity contribution is -0.141. The summed E-state index contributed by atoms with van der Waals surface area (Å²) in [5.41, 5.74) is 15.9. The third-order valence-corrected chi connectivity index (χ3v) is 10.9. The van der Waals surface area contributed by atoms with E-state index < -0.39 is 54.7 Å². The van der Waals surface area contributed by atoms with Gasteiger partial charge in [0.15, 0.2) is 0 Å². The number of nitrogen functional groups attached to an aromatic ring is 2. The Morgan fingerprint density at radius 1 is 0.653 bits per heavy atom. The van der Waals surface area contributed by atoms with Gasteiger partial charge in [-0.15, -0.1) is 0 Å². The number of esters is 3.